The van der Waals surface area contributed by atoms with Crippen molar-refractivity contribution >= 4 is 34.4 Å². The molecule has 0 aliphatic rings. The summed E-state index contributed by atoms with van der Waals surface area (Å²) in [7, 11) is 0. The maximum absolute atomic E-state index is 10.8. The van der Waals surface area contributed by atoms with Crippen LogP contribution in [0, 0.1) is 17.0 Å². The molecular formula is C17H19N3O2S. The number of nitrogens with zero attached hydrogens (tertiary/aromatic N) is 1. The molecule has 0 atom stereocenters. The van der Waals surface area contributed by atoms with Crippen LogP contribution in [0.3, 0.4) is 0 Å². The summed E-state index contributed by atoms with van der Waals surface area (Å²) in [6.07, 6.45) is 0. The molecule has 2 rings (SSSR count). The monoisotopic (exact) mass is 329 g/mol. The number of nitro groups is 1. The number of benzene rings is 2. The van der Waals surface area contributed by atoms with Crippen molar-refractivity contribution in [3.8, 4) is 0 Å². The first kappa shape index (κ1) is 16.9. The third-order valence-corrected chi connectivity index (χ3v) is 3.68. The average molecular weight is 329 g/mol. The van der Waals surface area contributed by atoms with Gasteiger partial charge in [-0.05, 0) is 42.3 Å². The quantitative estimate of drug-likeness (QED) is 0.477. The molecule has 120 valence electrons. The predicted molar refractivity (Wildman–Crippen MR) is 98.2 cm³/mol. The molecule has 0 aromatic heterocycles. The molecule has 0 bridgehead atoms. The number of hydrogen-bond donors (Lipinski definition) is 2. The molecule has 5 nitrogen and oxygen atoms in total. The minimum atomic E-state index is -0.431. The highest BCUT2D eigenvalue weighted by Gasteiger charge is 2.11. The van der Waals surface area contributed by atoms with E-state index in [9.17, 15) is 10.1 Å². The summed E-state index contributed by atoms with van der Waals surface area (Å²) in [6.45, 7) is 6.26. The lowest BCUT2D eigenvalue weighted by molar-refractivity contribution is -0.384. The van der Waals surface area contributed by atoms with Gasteiger partial charge in [0.15, 0.2) is 5.11 Å². The number of thiocarbonyl (C=S) groups is 1. The van der Waals surface area contributed by atoms with Crippen LogP contribution >= 0.6 is 12.2 Å². The summed E-state index contributed by atoms with van der Waals surface area (Å²) in [6, 6.07) is 12.4. The van der Waals surface area contributed by atoms with Crippen molar-refractivity contribution in [3.05, 3.63) is 63.7 Å². The number of hydrogen-bond acceptors (Lipinski definition) is 3. The van der Waals surface area contributed by atoms with E-state index < -0.39 is 4.92 Å². The van der Waals surface area contributed by atoms with Crippen molar-refractivity contribution in [1.82, 2.24) is 0 Å². The fraction of sp³-hybridized carbons (Fsp3) is 0.235. The Hall–Kier alpha value is -2.47. The van der Waals surface area contributed by atoms with Gasteiger partial charge in [0.25, 0.3) is 5.69 Å². The van der Waals surface area contributed by atoms with Crippen LogP contribution in [0.15, 0.2) is 42.5 Å². The summed E-state index contributed by atoms with van der Waals surface area (Å²) >= 11 is 5.34. The molecule has 0 spiro atoms. The number of anilines is 2. The fourth-order valence-electron chi connectivity index (χ4n) is 2.32. The highest BCUT2D eigenvalue weighted by atomic mass is 32.1. The van der Waals surface area contributed by atoms with Crippen LogP contribution in [0.4, 0.5) is 17.1 Å². The topological polar surface area (TPSA) is 67.2 Å². The SMILES string of the molecule is Cc1cccc(C(C)C)c1NC(=S)Nc1cccc([N+](=O)[O-])c1. The Bertz CT molecular complexity index is 744. The van der Waals surface area contributed by atoms with Crippen LogP contribution in [-0.4, -0.2) is 10.0 Å². The van der Waals surface area contributed by atoms with Gasteiger partial charge >= 0.3 is 0 Å². The predicted octanol–water partition coefficient (Wildman–Crippen LogP) is 4.84. The van der Waals surface area contributed by atoms with E-state index in [2.05, 4.69) is 30.5 Å². The van der Waals surface area contributed by atoms with E-state index in [-0.39, 0.29) is 5.69 Å². The van der Waals surface area contributed by atoms with Crippen molar-refractivity contribution in [2.45, 2.75) is 26.7 Å². The second kappa shape index (κ2) is 7.19. The third-order valence-electron chi connectivity index (χ3n) is 3.48. The van der Waals surface area contributed by atoms with E-state index in [0.29, 0.717) is 16.7 Å². The second-order valence-corrected chi connectivity index (χ2v) is 5.99. The van der Waals surface area contributed by atoms with Crippen LogP contribution in [-0.2, 0) is 0 Å². The molecule has 2 aromatic rings. The summed E-state index contributed by atoms with van der Waals surface area (Å²) in [5.74, 6) is 0.359. The molecule has 6 heteroatoms. The molecule has 2 N–H and O–H groups in total. The Balaban J connectivity index is 2.18. The molecule has 2 aromatic carbocycles. The second-order valence-electron chi connectivity index (χ2n) is 5.58. The Morgan fingerprint density at radius 2 is 1.87 bits per heavy atom. The van der Waals surface area contributed by atoms with Crippen LogP contribution in [0.1, 0.15) is 30.9 Å². The molecule has 0 unspecified atom stereocenters. The van der Waals surface area contributed by atoms with Gasteiger partial charge in [0.05, 0.1) is 4.92 Å². The number of aryl methyl sites for hydroxylation is 1. The molecule has 0 amide bonds. The van der Waals surface area contributed by atoms with Gasteiger partial charge in [-0.3, -0.25) is 10.1 Å². The molecule has 0 saturated carbocycles. The first-order chi connectivity index (χ1) is 10.9. The molecule has 0 heterocycles. The zero-order valence-corrected chi connectivity index (χ0v) is 14.1. The third kappa shape index (κ3) is 4.26. The zero-order valence-electron chi connectivity index (χ0n) is 13.3. The summed E-state index contributed by atoms with van der Waals surface area (Å²) in [4.78, 5) is 10.4. The fourth-order valence-corrected chi connectivity index (χ4v) is 2.54. The molecule has 0 radical (unpaired) electrons. The maximum atomic E-state index is 10.8. The molecule has 0 aliphatic carbocycles. The van der Waals surface area contributed by atoms with E-state index in [1.54, 1.807) is 12.1 Å². The molecule has 0 fully saturated rings. The summed E-state index contributed by atoms with van der Waals surface area (Å²) in [5, 5.41) is 17.4. The first-order valence-corrected chi connectivity index (χ1v) is 7.71. The number of nitrogens with one attached hydrogen (secondary N) is 2. The molecular weight excluding hydrogens is 310 g/mol. The lowest BCUT2D eigenvalue weighted by Gasteiger charge is -2.18. The Morgan fingerprint density at radius 3 is 2.52 bits per heavy atom. The van der Waals surface area contributed by atoms with Gasteiger partial charge in [0.1, 0.15) is 0 Å². The van der Waals surface area contributed by atoms with E-state index in [4.69, 9.17) is 12.2 Å². The number of rotatable bonds is 4. The van der Waals surface area contributed by atoms with Gasteiger partial charge in [0.2, 0.25) is 0 Å². The molecule has 0 aliphatic heterocycles. The highest BCUT2D eigenvalue weighted by Crippen LogP contribution is 2.27. The van der Waals surface area contributed by atoms with Gasteiger partial charge in [-0.25, -0.2) is 0 Å². The van der Waals surface area contributed by atoms with Crippen molar-refractivity contribution < 1.29 is 4.92 Å². The number of non-ortho nitro benzene ring substituents is 1. The van der Waals surface area contributed by atoms with Gasteiger partial charge in [-0.2, -0.15) is 0 Å². The number of nitro benzene ring substituents is 1. The van der Waals surface area contributed by atoms with Crippen molar-refractivity contribution in [2.75, 3.05) is 10.6 Å². The van der Waals surface area contributed by atoms with Crippen LogP contribution in [0.2, 0.25) is 0 Å². The van der Waals surface area contributed by atoms with Gasteiger partial charge in [-0.1, -0.05) is 38.1 Å². The largest absolute Gasteiger partial charge is 0.332 e. The molecule has 23 heavy (non-hydrogen) atoms. The lowest BCUT2D eigenvalue weighted by Crippen LogP contribution is -2.20. The van der Waals surface area contributed by atoms with Gasteiger partial charge in [-0.15, -0.1) is 0 Å². The van der Waals surface area contributed by atoms with Crippen molar-refractivity contribution in [3.63, 3.8) is 0 Å². The van der Waals surface area contributed by atoms with E-state index in [0.717, 1.165) is 11.3 Å². The van der Waals surface area contributed by atoms with E-state index in [1.807, 2.05) is 19.1 Å². The number of para-hydroxylation sites is 1. The smallest absolute Gasteiger partial charge is 0.271 e. The maximum Gasteiger partial charge on any atom is 0.271 e. The molecule has 0 saturated heterocycles. The lowest BCUT2D eigenvalue weighted by atomic mass is 9.98. The summed E-state index contributed by atoms with van der Waals surface area (Å²) in [5.41, 5.74) is 3.85. The summed E-state index contributed by atoms with van der Waals surface area (Å²) < 4.78 is 0. The van der Waals surface area contributed by atoms with Crippen LogP contribution < -0.4 is 10.6 Å². The minimum Gasteiger partial charge on any atom is -0.332 e. The normalized spacial score (nSPS) is 10.4. The average Bonchev–Trinajstić information content (AvgIpc) is 2.49. The Kier molecular flexibility index (Phi) is 5.28. The van der Waals surface area contributed by atoms with Gasteiger partial charge in [0, 0.05) is 23.5 Å². The van der Waals surface area contributed by atoms with Crippen LogP contribution in [0.25, 0.3) is 0 Å². The van der Waals surface area contributed by atoms with Gasteiger partial charge < -0.3 is 10.6 Å². The standard InChI is InChI=1S/C17H19N3O2S/c1-11(2)15-9-4-6-12(3)16(15)19-17(23)18-13-7-5-8-14(10-13)20(21)22/h4-11H,1-3H3,(H2,18,19,23). The van der Waals surface area contributed by atoms with Crippen molar-refractivity contribution in [1.29, 1.82) is 0 Å². The van der Waals surface area contributed by atoms with E-state index in [1.165, 1.54) is 17.7 Å². The Morgan fingerprint density at radius 1 is 1.17 bits per heavy atom. The van der Waals surface area contributed by atoms with E-state index >= 15 is 0 Å². The first-order valence-electron chi connectivity index (χ1n) is 7.30. The zero-order chi connectivity index (χ0) is 17.0. The Labute approximate surface area is 140 Å². The minimum absolute atomic E-state index is 0.0246. The van der Waals surface area contributed by atoms with Crippen LogP contribution in [0.5, 0.6) is 0 Å². The van der Waals surface area contributed by atoms with Crippen molar-refractivity contribution in [2.24, 2.45) is 0 Å². The highest BCUT2D eigenvalue weighted by molar-refractivity contribution is 7.80.